The molecule has 12 heteroatoms. The molecule has 0 amide bonds. The molecule has 0 unspecified atom stereocenters. The number of rotatable bonds is 9. The van der Waals surface area contributed by atoms with Crippen molar-refractivity contribution in [2.75, 3.05) is 11.3 Å². The normalized spacial score (nSPS) is 11.5. The Kier molecular flexibility index (Phi) is 6.99. The summed E-state index contributed by atoms with van der Waals surface area (Å²) in [5.74, 6) is 0.694. The number of alkyl halides is 2. The van der Waals surface area contributed by atoms with Crippen molar-refractivity contribution >= 4 is 40.4 Å². The molecule has 0 saturated carbocycles. The largest absolute Gasteiger partial charge is 0.484 e. The smallest absolute Gasteiger partial charge is 0.272 e. The Bertz CT molecular complexity index is 1280. The first-order valence-electron chi connectivity index (χ1n) is 10.3. The maximum atomic E-state index is 12.6. The predicted octanol–water partition coefficient (Wildman–Crippen LogP) is 5.52. The van der Waals surface area contributed by atoms with Gasteiger partial charge < -0.3 is 9.72 Å². The summed E-state index contributed by atoms with van der Waals surface area (Å²) in [6.45, 7) is 4.88. The predicted molar refractivity (Wildman–Crippen MR) is 125 cm³/mol. The lowest BCUT2D eigenvalue weighted by atomic mass is 10.2. The zero-order valence-corrected chi connectivity index (χ0v) is 19.8. The molecule has 1 aromatic carbocycles. The van der Waals surface area contributed by atoms with Gasteiger partial charge in [-0.25, -0.2) is 18.7 Å². The third kappa shape index (κ3) is 5.03. The van der Waals surface area contributed by atoms with Crippen LogP contribution in [0, 0.1) is 13.8 Å². The molecule has 0 spiro atoms. The lowest BCUT2D eigenvalue weighted by Gasteiger charge is -2.14. The Morgan fingerprint density at radius 1 is 1.27 bits per heavy atom. The van der Waals surface area contributed by atoms with Crippen molar-refractivity contribution in [2.45, 2.75) is 44.9 Å². The van der Waals surface area contributed by atoms with Gasteiger partial charge in [-0.2, -0.15) is 10.2 Å². The van der Waals surface area contributed by atoms with Crippen molar-refractivity contribution in [1.82, 2.24) is 29.9 Å². The summed E-state index contributed by atoms with van der Waals surface area (Å²) in [5, 5.41) is 10.1. The minimum Gasteiger partial charge on any atom is -0.484 e. The topological polar surface area (TPSA) is 93.5 Å². The summed E-state index contributed by atoms with van der Waals surface area (Å²) in [5.41, 5.74) is 3.34. The van der Waals surface area contributed by atoms with Crippen LogP contribution >= 0.6 is 23.5 Å². The number of halogens is 3. The highest BCUT2D eigenvalue weighted by atomic mass is 35.5. The zero-order chi connectivity index (χ0) is 23.5. The molecule has 8 nitrogen and oxygen atoms in total. The summed E-state index contributed by atoms with van der Waals surface area (Å²) in [6, 6.07) is 3.71. The molecule has 4 aromatic rings. The van der Waals surface area contributed by atoms with Crippen LogP contribution in [0.3, 0.4) is 0 Å². The molecule has 3 aromatic heterocycles. The van der Waals surface area contributed by atoms with Crippen molar-refractivity contribution in [3.8, 4) is 11.4 Å². The molecular formula is C21H22ClF2N7OS. The van der Waals surface area contributed by atoms with Crippen LogP contribution in [-0.2, 0) is 6.42 Å². The lowest BCUT2D eigenvalue weighted by molar-refractivity contribution is 0.0806. The molecule has 4 rings (SSSR count). The Hall–Kier alpha value is -2.92. The number of nitrogens with zero attached hydrogens (tertiary/aromatic N) is 5. The second kappa shape index (κ2) is 9.92. The number of aromatic nitrogens is 6. The standard InChI is InChI=1S/C21H22ClF2N7OS/c1-4-5-15-20(32-10-17(23)24)12(3)27-21(28-15)30-33-16-9-25-18-13(16)6-7-14(22)19(18)31-26-8-11(2)29-31/h6-9,17,25H,4-5,10H2,1-3H3,(H,27,28,30). The summed E-state index contributed by atoms with van der Waals surface area (Å²) in [7, 11) is 0. The molecule has 33 heavy (non-hydrogen) atoms. The van der Waals surface area contributed by atoms with E-state index in [1.54, 1.807) is 19.2 Å². The number of hydrogen-bond acceptors (Lipinski definition) is 7. The summed E-state index contributed by atoms with van der Waals surface area (Å²) < 4.78 is 33.7. The highest BCUT2D eigenvalue weighted by Crippen LogP contribution is 2.35. The lowest BCUT2D eigenvalue weighted by Crippen LogP contribution is -2.12. The van der Waals surface area contributed by atoms with E-state index >= 15 is 0 Å². The van der Waals surface area contributed by atoms with Gasteiger partial charge in [-0.15, -0.1) is 4.80 Å². The Morgan fingerprint density at radius 2 is 2.09 bits per heavy atom. The van der Waals surface area contributed by atoms with Crippen molar-refractivity contribution in [1.29, 1.82) is 0 Å². The van der Waals surface area contributed by atoms with Crippen molar-refractivity contribution in [2.24, 2.45) is 0 Å². The highest BCUT2D eigenvalue weighted by Gasteiger charge is 2.17. The number of nitrogens with one attached hydrogen (secondary N) is 2. The van der Waals surface area contributed by atoms with E-state index in [4.69, 9.17) is 16.3 Å². The van der Waals surface area contributed by atoms with Gasteiger partial charge in [0.05, 0.1) is 38.7 Å². The summed E-state index contributed by atoms with van der Waals surface area (Å²) in [6.07, 6.45) is 2.33. The van der Waals surface area contributed by atoms with Crippen molar-refractivity contribution in [3.05, 3.63) is 46.6 Å². The molecule has 0 radical (unpaired) electrons. The quantitative estimate of drug-likeness (QED) is 0.296. The molecule has 0 aliphatic carbocycles. The molecule has 2 N–H and O–H groups in total. The molecular weight excluding hydrogens is 472 g/mol. The van der Waals surface area contributed by atoms with Gasteiger partial charge in [0.25, 0.3) is 6.43 Å². The SMILES string of the molecule is CCCc1nc(NSc2c[nH]c3c(-n4ncc(C)n4)c(Cl)ccc23)nc(C)c1OCC(F)F. The van der Waals surface area contributed by atoms with E-state index in [0.29, 0.717) is 40.2 Å². The monoisotopic (exact) mass is 493 g/mol. The van der Waals surface area contributed by atoms with Crippen molar-refractivity contribution in [3.63, 3.8) is 0 Å². The number of aromatic amines is 1. The fraction of sp³-hybridized carbons (Fsp3) is 0.333. The van der Waals surface area contributed by atoms with E-state index in [-0.39, 0.29) is 0 Å². The first kappa shape index (κ1) is 23.2. The maximum absolute atomic E-state index is 12.6. The number of anilines is 1. The maximum Gasteiger partial charge on any atom is 0.272 e. The molecule has 0 aliphatic rings. The van der Waals surface area contributed by atoms with Gasteiger partial charge in [0.15, 0.2) is 5.75 Å². The van der Waals surface area contributed by atoms with Crippen LogP contribution in [0.15, 0.2) is 29.4 Å². The third-order valence-corrected chi connectivity index (χ3v) is 5.89. The molecule has 0 bridgehead atoms. The van der Waals surface area contributed by atoms with E-state index in [1.165, 1.54) is 16.7 Å². The van der Waals surface area contributed by atoms with E-state index in [0.717, 1.165) is 27.9 Å². The van der Waals surface area contributed by atoms with Crippen LogP contribution in [0.5, 0.6) is 5.75 Å². The van der Waals surface area contributed by atoms with Gasteiger partial charge in [-0.3, -0.25) is 4.72 Å². The fourth-order valence-electron chi connectivity index (χ4n) is 3.37. The van der Waals surface area contributed by atoms with Crippen LogP contribution in [0.2, 0.25) is 5.02 Å². The van der Waals surface area contributed by atoms with Crippen LogP contribution in [0.4, 0.5) is 14.7 Å². The Balaban J connectivity index is 1.60. The van der Waals surface area contributed by atoms with E-state index in [1.807, 2.05) is 26.1 Å². The van der Waals surface area contributed by atoms with Gasteiger partial charge in [-0.05, 0) is 44.3 Å². The van der Waals surface area contributed by atoms with Crippen LogP contribution < -0.4 is 9.46 Å². The van der Waals surface area contributed by atoms with Gasteiger partial charge in [0.1, 0.15) is 12.3 Å². The van der Waals surface area contributed by atoms with E-state index in [9.17, 15) is 8.78 Å². The first-order chi connectivity index (χ1) is 15.9. The van der Waals surface area contributed by atoms with Gasteiger partial charge in [-0.1, -0.05) is 24.9 Å². The zero-order valence-electron chi connectivity index (χ0n) is 18.2. The second-order valence-corrected chi connectivity index (χ2v) is 8.57. The Morgan fingerprint density at radius 3 is 2.79 bits per heavy atom. The molecule has 0 fully saturated rings. The molecule has 0 saturated heterocycles. The Labute approximate surface area is 198 Å². The molecule has 174 valence electrons. The van der Waals surface area contributed by atoms with Crippen LogP contribution in [-0.4, -0.2) is 43.0 Å². The minimum absolute atomic E-state index is 0.320. The third-order valence-electron chi connectivity index (χ3n) is 4.75. The summed E-state index contributed by atoms with van der Waals surface area (Å²) >= 11 is 7.76. The molecule has 0 aliphatic heterocycles. The summed E-state index contributed by atoms with van der Waals surface area (Å²) in [4.78, 5) is 14.5. The number of H-pyrrole nitrogens is 1. The van der Waals surface area contributed by atoms with Crippen LogP contribution in [0.25, 0.3) is 16.6 Å². The molecule has 3 heterocycles. The average Bonchev–Trinajstić information content (AvgIpc) is 3.37. The van der Waals surface area contributed by atoms with E-state index < -0.39 is 13.0 Å². The van der Waals surface area contributed by atoms with Crippen LogP contribution in [0.1, 0.15) is 30.4 Å². The minimum atomic E-state index is -2.56. The second-order valence-electron chi connectivity index (χ2n) is 7.31. The van der Waals surface area contributed by atoms with Gasteiger partial charge >= 0.3 is 0 Å². The number of benzene rings is 1. The van der Waals surface area contributed by atoms with Gasteiger partial charge in [0.2, 0.25) is 5.95 Å². The number of ether oxygens (including phenoxy) is 1. The van der Waals surface area contributed by atoms with E-state index in [2.05, 4.69) is 29.9 Å². The fourth-order valence-corrected chi connectivity index (χ4v) is 4.29. The number of hydrogen-bond donors (Lipinski definition) is 2. The molecule has 0 atom stereocenters. The number of fused-ring (bicyclic) bond motifs is 1. The van der Waals surface area contributed by atoms with Crippen molar-refractivity contribution < 1.29 is 13.5 Å². The average molecular weight is 494 g/mol. The van der Waals surface area contributed by atoms with Gasteiger partial charge in [0, 0.05) is 11.6 Å². The first-order valence-corrected chi connectivity index (χ1v) is 11.5. The number of aryl methyl sites for hydroxylation is 3. The highest BCUT2D eigenvalue weighted by molar-refractivity contribution is 8.00.